The van der Waals surface area contributed by atoms with E-state index in [1.165, 1.54) is 18.3 Å². The quantitative estimate of drug-likeness (QED) is 0.499. The van der Waals surface area contributed by atoms with Gasteiger partial charge in [0.05, 0.1) is 10.4 Å². The van der Waals surface area contributed by atoms with E-state index < -0.39 is 27.3 Å². The molecule has 0 bridgehead atoms. The second-order valence-corrected chi connectivity index (χ2v) is 8.72. The number of primary sulfonamides is 1. The van der Waals surface area contributed by atoms with Gasteiger partial charge in [0.15, 0.2) is 0 Å². The second-order valence-electron chi connectivity index (χ2n) is 7.16. The summed E-state index contributed by atoms with van der Waals surface area (Å²) in [5.41, 5.74) is 10.6. The summed E-state index contributed by atoms with van der Waals surface area (Å²) in [6.07, 6.45) is 1.79. The van der Waals surface area contributed by atoms with Crippen LogP contribution in [0.1, 0.15) is 17.9 Å². The lowest BCUT2D eigenvalue weighted by molar-refractivity contribution is -0.133. The molecule has 2 aromatic carbocycles. The highest BCUT2D eigenvalue weighted by atomic mass is 32.2. The van der Waals surface area contributed by atoms with Crippen LogP contribution in [0.2, 0.25) is 0 Å². The number of sulfonamides is 1. The first-order valence-electron chi connectivity index (χ1n) is 8.92. The van der Waals surface area contributed by atoms with Gasteiger partial charge in [0.25, 0.3) is 0 Å². The zero-order valence-corrected chi connectivity index (χ0v) is 16.4. The summed E-state index contributed by atoms with van der Waals surface area (Å²) in [5, 5.41) is 5.77. The van der Waals surface area contributed by atoms with Gasteiger partial charge in [-0.05, 0) is 48.4 Å². The number of rotatable bonds is 6. The Morgan fingerprint density at radius 1 is 1.03 bits per heavy atom. The number of nitrogens with zero attached hydrogens (tertiary/aromatic N) is 1. The van der Waals surface area contributed by atoms with Crippen LogP contribution >= 0.6 is 0 Å². The van der Waals surface area contributed by atoms with Crippen LogP contribution in [-0.2, 0) is 19.6 Å². The lowest BCUT2D eigenvalue weighted by atomic mass is 9.97. The molecule has 1 heterocycles. The minimum Gasteiger partial charge on any atom is -0.457 e. The predicted molar refractivity (Wildman–Crippen MR) is 108 cm³/mol. The Balaban J connectivity index is 1.59. The fraction of sp³-hybridized carbons (Fsp3) is 0.150. The minimum atomic E-state index is -3.84. The van der Waals surface area contributed by atoms with Gasteiger partial charge in [0, 0.05) is 17.5 Å². The van der Waals surface area contributed by atoms with Gasteiger partial charge in [0.1, 0.15) is 16.9 Å². The van der Waals surface area contributed by atoms with Crippen LogP contribution in [0, 0.1) is 5.41 Å². The minimum absolute atomic E-state index is 0.0409. The number of hydrogen-bond acceptors (Lipinski definition) is 6. The number of ether oxygens (including phenoxy) is 1. The number of nitrogens with two attached hydrogens (primary N) is 3. The molecule has 0 radical (unpaired) electrons. The molecule has 1 aliphatic carbocycles. The molecule has 4 rings (SSSR count). The van der Waals surface area contributed by atoms with E-state index in [1.807, 2.05) is 0 Å². The third-order valence-electron chi connectivity index (χ3n) is 5.35. The summed E-state index contributed by atoms with van der Waals surface area (Å²) in [6, 6.07) is 12.9. The lowest BCUT2D eigenvalue weighted by Gasteiger charge is -2.11. The lowest BCUT2D eigenvalue weighted by Crippen LogP contribution is -2.38. The van der Waals surface area contributed by atoms with Crippen molar-refractivity contribution in [2.24, 2.45) is 22.0 Å². The molecule has 1 atom stereocenters. The summed E-state index contributed by atoms with van der Waals surface area (Å²) >= 11 is 0. The molecule has 3 aromatic rings. The average Bonchev–Trinajstić information content (AvgIpc) is 3.45. The topological polar surface area (TPSA) is 168 Å². The third kappa shape index (κ3) is 3.25. The van der Waals surface area contributed by atoms with Crippen LogP contribution in [0.4, 0.5) is 0 Å². The number of amides is 2. The van der Waals surface area contributed by atoms with E-state index in [0.29, 0.717) is 28.8 Å². The van der Waals surface area contributed by atoms with Crippen molar-refractivity contribution >= 4 is 32.7 Å². The van der Waals surface area contributed by atoms with Crippen molar-refractivity contribution in [3.8, 4) is 11.5 Å². The summed E-state index contributed by atoms with van der Waals surface area (Å²) in [6.45, 7) is 0. The molecular formula is C20H18N4O5S. The van der Waals surface area contributed by atoms with Gasteiger partial charge in [-0.25, -0.2) is 13.6 Å². The fourth-order valence-corrected chi connectivity index (χ4v) is 4.13. The fourth-order valence-electron chi connectivity index (χ4n) is 3.59. The van der Waals surface area contributed by atoms with Crippen LogP contribution < -0.4 is 21.3 Å². The molecule has 2 amide bonds. The van der Waals surface area contributed by atoms with E-state index >= 15 is 0 Å². The SMILES string of the molecule is NC(=O)C1(C(N)=O)CC1c1ccc(Oc2ccnc3cc(S(N)(=O)=O)ccc23)cc1. The Morgan fingerprint density at radius 2 is 1.70 bits per heavy atom. The number of aromatic nitrogens is 1. The smallest absolute Gasteiger partial charge is 0.238 e. The van der Waals surface area contributed by atoms with Crippen molar-refractivity contribution in [1.29, 1.82) is 0 Å². The summed E-state index contributed by atoms with van der Waals surface area (Å²) in [4.78, 5) is 27.5. The monoisotopic (exact) mass is 426 g/mol. The molecule has 30 heavy (non-hydrogen) atoms. The molecule has 1 saturated carbocycles. The number of carbonyl (C=O) groups is 2. The molecule has 1 fully saturated rings. The summed E-state index contributed by atoms with van der Waals surface area (Å²) in [5.74, 6) is -0.806. The first-order chi connectivity index (χ1) is 14.1. The Labute approximate surface area is 171 Å². The van der Waals surface area contributed by atoms with Crippen LogP contribution in [0.25, 0.3) is 10.9 Å². The van der Waals surface area contributed by atoms with Crippen LogP contribution in [0.3, 0.4) is 0 Å². The number of pyridine rings is 1. The van der Waals surface area contributed by atoms with Crippen LogP contribution in [0.5, 0.6) is 11.5 Å². The molecule has 1 aliphatic rings. The molecule has 0 spiro atoms. The normalized spacial score (nSPS) is 17.4. The Kier molecular flexibility index (Phi) is 4.48. The van der Waals surface area contributed by atoms with Gasteiger partial charge in [-0.1, -0.05) is 12.1 Å². The van der Waals surface area contributed by atoms with Crippen molar-refractivity contribution in [3.05, 3.63) is 60.3 Å². The number of fused-ring (bicyclic) bond motifs is 1. The van der Waals surface area contributed by atoms with Crippen LogP contribution in [0.15, 0.2) is 59.6 Å². The predicted octanol–water partition coefficient (Wildman–Crippen LogP) is 1.12. The zero-order valence-electron chi connectivity index (χ0n) is 15.6. The number of carbonyl (C=O) groups excluding carboxylic acids is 2. The first-order valence-corrected chi connectivity index (χ1v) is 10.5. The van der Waals surface area contributed by atoms with E-state index in [-0.39, 0.29) is 10.8 Å². The Morgan fingerprint density at radius 3 is 2.27 bits per heavy atom. The molecule has 1 aromatic heterocycles. The van der Waals surface area contributed by atoms with E-state index in [9.17, 15) is 18.0 Å². The Bertz CT molecular complexity index is 1270. The highest BCUT2D eigenvalue weighted by Gasteiger charge is 2.64. The Hall–Kier alpha value is -3.50. The van der Waals surface area contributed by atoms with E-state index in [2.05, 4.69) is 4.98 Å². The zero-order chi connectivity index (χ0) is 21.7. The van der Waals surface area contributed by atoms with Gasteiger partial charge in [-0.15, -0.1) is 0 Å². The van der Waals surface area contributed by atoms with Crippen molar-refractivity contribution in [2.75, 3.05) is 0 Å². The number of primary amides is 2. The standard InChI is InChI=1S/C20H18N4O5S/c21-18(25)20(19(22)26)10-15(20)11-1-3-12(4-2-11)29-17-7-8-24-16-9-13(30(23,27)28)5-6-14(16)17/h1-9,15H,10H2,(H2,21,25)(H2,22,26)(H2,23,27,28). The summed E-state index contributed by atoms with van der Waals surface area (Å²) < 4.78 is 29.0. The molecule has 154 valence electrons. The van der Waals surface area contributed by atoms with Gasteiger partial charge < -0.3 is 16.2 Å². The maximum absolute atomic E-state index is 11.7. The average molecular weight is 426 g/mol. The maximum atomic E-state index is 11.7. The molecule has 9 nitrogen and oxygen atoms in total. The van der Waals surface area contributed by atoms with Gasteiger partial charge in [-0.3, -0.25) is 14.6 Å². The van der Waals surface area contributed by atoms with Crippen molar-refractivity contribution in [3.63, 3.8) is 0 Å². The van der Waals surface area contributed by atoms with Crippen LogP contribution in [-0.4, -0.2) is 25.2 Å². The third-order valence-corrected chi connectivity index (χ3v) is 6.26. The van der Waals surface area contributed by atoms with E-state index in [1.54, 1.807) is 36.4 Å². The van der Waals surface area contributed by atoms with Crippen molar-refractivity contribution in [2.45, 2.75) is 17.2 Å². The summed E-state index contributed by atoms with van der Waals surface area (Å²) in [7, 11) is -3.84. The van der Waals surface area contributed by atoms with Crippen molar-refractivity contribution in [1.82, 2.24) is 4.98 Å². The molecule has 10 heteroatoms. The molecular weight excluding hydrogens is 408 g/mol. The number of hydrogen-bond donors (Lipinski definition) is 3. The second kappa shape index (κ2) is 6.78. The van der Waals surface area contributed by atoms with Crippen molar-refractivity contribution < 1.29 is 22.7 Å². The molecule has 0 saturated heterocycles. The highest BCUT2D eigenvalue weighted by molar-refractivity contribution is 7.89. The van der Waals surface area contributed by atoms with E-state index in [0.717, 1.165) is 5.56 Å². The highest BCUT2D eigenvalue weighted by Crippen LogP contribution is 2.59. The van der Waals surface area contributed by atoms with Gasteiger partial charge >= 0.3 is 0 Å². The molecule has 0 aliphatic heterocycles. The van der Waals surface area contributed by atoms with E-state index in [4.69, 9.17) is 21.3 Å². The van der Waals surface area contributed by atoms with Gasteiger partial charge in [-0.2, -0.15) is 0 Å². The maximum Gasteiger partial charge on any atom is 0.238 e. The van der Waals surface area contributed by atoms with Gasteiger partial charge in [0.2, 0.25) is 21.8 Å². The molecule has 1 unspecified atom stereocenters. The number of benzene rings is 2. The molecule has 6 N–H and O–H groups in total. The first kappa shape index (κ1) is 19.8. The largest absolute Gasteiger partial charge is 0.457 e.